The Hall–Kier alpha value is -1.72. The van der Waals surface area contributed by atoms with E-state index in [9.17, 15) is 15.3 Å². The lowest BCUT2D eigenvalue weighted by molar-refractivity contribution is -0.144. The Morgan fingerprint density at radius 2 is 1.52 bits per heavy atom. The zero-order chi connectivity index (χ0) is 18.0. The molecule has 1 aliphatic heterocycles. The molecule has 4 nitrogen and oxygen atoms in total. The van der Waals surface area contributed by atoms with Crippen LogP contribution in [0.1, 0.15) is 28.7 Å². The fourth-order valence-corrected chi connectivity index (χ4v) is 3.52. The molecule has 1 saturated heterocycles. The van der Waals surface area contributed by atoms with Gasteiger partial charge in [0.2, 0.25) is 0 Å². The molecule has 0 amide bonds. The molecular formula is C21H26O4. The quantitative estimate of drug-likeness (QED) is 0.780. The van der Waals surface area contributed by atoms with Gasteiger partial charge in [-0.25, -0.2) is 0 Å². The van der Waals surface area contributed by atoms with Crippen molar-refractivity contribution in [2.45, 2.75) is 57.2 Å². The largest absolute Gasteiger partial charge is 0.390 e. The van der Waals surface area contributed by atoms with E-state index in [-0.39, 0.29) is 6.42 Å². The molecule has 1 heterocycles. The van der Waals surface area contributed by atoms with Gasteiger partial charge in [0.25, 0.3) is 0 Å². The van der Waals surface area contributed by atoms with Crippen LogP contribution in [0.2, 0.25) is 0 Å². The van der Waals surface area contributed by atoms with E-state index < -0.39 is 24.1 Å². The van der Waals surface area contributed by atoms with Gasteiger partial charge in [-0.2, -0.15) is 0 Å². The fraction of sp³-hybridized carbons (Fsp3) is 0.429. The molecule has 1 unspecified atom stereocenters. The highest BCUT2D eigenvalue weighted by Gasteiger charge is 2.50. The Labute approximate surface area is 148 Å². The molecule has 2 aromatic rings. The van der Waals surface area contributed by atoms with E-state index in [1.807, 2.05) is 62.4 Å². The number of rotatable bonds is 5. The zero-order valence-corrected chi connectivity index (χ0v) is 14.7. The highest BCUT2D eigenvalue weighted by Crippen LogP contribution is 2.35. The van der Waals surface area contributed by atoms with Crippen LogP contribution in [0.3, 0.4) is 0 Å². The third kappa shape index (κ3) is 4.28. The molecule has 4 atom stereocenters. The summed E-state index contributed by atoms with van der Waals surface area (Å²) in [5.74, 6) is 0. The lowest BCUT2D eigenvalue weighted by atomic mass is 9.83. The first-order valence-corrected chi connectivity index (χ1v) is 8.71. The summed E-state index contributed by atoms with van der Waals surface area (Å²) in [6.07, 6.45) is -1.99. The van der Waals surface area contributed by atoms with E-state index in [1.165, 1.54) is 0 Å². The molecule has 3 N–H and O–H groups in total. The average Bonchev–Trinajstić information content (AvgIpc) is 2.86. The number of ether oxygens (including phenoxy) is 1. The molecule has 1 fully saturated rings. The molecule has 2 aromatic carbocycles. The Bertz CT molecular complexity index is 695. The zero-order valence-electron chi connectivity index (χ0n) is 14.7. The van der Waals surface area contributed by atoms with Crippen LogP contribution < -0.4 is 0 Å². The number of hydrogen-bond donors (Lipinski definition) is 3. The van der Waals surface area contributed by atoms with Crippen molar-refractivity contribution in [2.24, 2.45) is 0 Å². The maximum Gasteiger partial charge on any atom is 0.158 e. The maximum atomic E-state index is 11.1. The van der Waals surface area contributed by atoms with Gasteiger partial charge in [-0.15, -0.1) is 0 Å². The van der Waals surface area contributed by atoms with Crippen LogP contribution in [0.5, 0.6) is 0 Å². The molecule has 134 valence electrons. The van der Waals surface area contributed by atoms with Crippen molar-refractivity contribution in [2.75, 3.05) is 0 Å². The van der Waals surface area contributed by atoms with Crippen molar-refractivity contribution in [1.82, 2.24) is 0 Å². The van der Waals surface area contributed by atoms with Crippen LogP contribution >= 0.6 is 0 Å². The monoisotopic (exact) mass is 342 g/mol. The minimum Gasteiger partial charge on any atom is -0.390 e. The summed E-state index contributed by atoms with van der Waals surface area (Å²) < 4.78 is 5.49. The van der Waals surface area contributed by atoms with Crippen LogP contribution in [0, 0.1) is 13.8 Å². The number of aliphatic hydroxyl groups is 3. The minimum atomic E-state index is -1.29. The lowest BCUT2D eigenvalue weighted by Gasteiger charge is -2.31. The Morgan fingerprint density at radius 3 is 2.08 bits per heavy atom. The Kier molecular flexibility index (Phi) is 5.25. The van der Waals surface area contributed by atoms with Crippen molar-refractivity contribution in [3.63, 3.8) is 0 Å². The van der Waals surface area contributed by atoms with Gasteiger partial charge in [0.05, 0.1) is 6.10 Å². The molecule has 3 rings (SSSR count). The SMILES string of the molecule is Cc1ccc(CC(O)[C@H]2O[C@H](O)C[C@@]2(O)Cc2ccc(C)cc2)cc1. The first-order valence-electron chi connectivity index (χ1n) is 8.71. The highest BCUT2D eigenvalue weighted by atomic mass is 16.6. The number of benzene rings is 2. The van der Waals surface area contributed by atoms with Crippen LogP contribution in [-0.2, 0) is 17.6 Å². The number of aryl methyl sites for hydroxylation is 2. The van der Waals surface area contributed by atoms with Gasteiger partial charge >= 0.3 is 0 Å². The second-order valence-electron chi connectivity index (χ2n) is 7.24. The van der Waals surface area contributed by atoms with Gasteiger partial charge in [0.15, 0.2) is 6.29 Å². The first-order chi connectivity index (χ1) is 11.9. The van der Waals surface area contributed by atoms with Gasteiger partial charge < -0.3 is 20.1 Å². The van der Waals surface area contributed by atoms with Gasteiger partial charge in [0, 0.05) is 19.3 Å². The topological polar surface area (TPSA) is 69.9 Å². The summed E-state index contributed by atoms with van der Waals surface area (Å²) in [6, 6.07) is 15.8. The highest BCUT2D eigenvalue weighted by molar-refractivity contribution is 5.25. The maximum absolute atomic E-state index is 11.1. The molecule has 0 radical (unpaired) electrons. The van der Waals surface area contributed by atoms with E-state index in [4.69, 9.17) is 4.74 Å². The number of aliphatic hydroxyl groups excluding tert-OH is 2. The molecule has 25 heavy (non-hydrogen) atoms. The minimum absolute atomic E-state index is 0.0938. The summed E-state index contributed by atoms with van der Waals surface area (Å²) >= 11 is 0. The van der Waals surface area contributed by atoms with Crippen molar-refractivity contribution in [3.8, 4) is 0 Å². The van der Waals surface area contributed by atoms with E-state index >= 15 is 0 Å². The fourth-order valence-electron chi connectivity index (χ4n) is 3.52. The van der Waals surface area contributed by atoms with Crippen molar-refractivity contribution in [3.05, 3.63) is 70.8 Å². The summed E-state index contributed by atoms with van der Waals surface area (Å²) in [6.45, 7) is 4.02. The summed E-state index contributed by atoms with van der Waals surface area (Å²) in [4.78, 5) is 0. The van der Waals surface area contributed by atoms with Crippen LogP contribution in [0.15, 0.2) is 48.5 Å². The van der Waals surface area contributed by atoms with Crippen LogP contribution in [0.25, 0.3) is 0 Å². The van der Waals surface area contributed by atoms with E-state index in [1.54, 1.807) is 0 Å². The van der Waals surface area contributed by atoms with Crippen molar-refractivity contribution >= 4 is 0 Å². The summed E-state index contributed by atoms with van der Waals surface area (Å²) in [7, 11) is 0. The van der Waals surface area contributed by atoms with Crippen LogP contribution in [-0.4, -0.2) is 39.4 Å². The molecule has 1 aliphatic rings. The third-order valence-corrected chi connectivity index (χ3v) is 4.91. The normalized spacial score (nSPS) is 27.4. The Morgan fingerprint density at radius 1 is 1.00 bits per heavy atom. The van der Waals surface area contributed by atoms with E-state index in [0.29, 0.717) is 12.8 Å². The molecular weight excluding hydrogens is 316 g/mol. The first kappa shape index (κ1) is 18.1. The third-order valence-electron chi connectivity index (χ3n) is 4.91. The van der Waals surface area contributed by atoms with Gasteiger partial charge in [-0.05, 0) is 25.0 Å². The van der Waals surface area contributed by atoms with E-state index in [0.717, 1.165) is 22.3 Å². The summed E-state index contributed by atoms with van der Waals surface area (Å²) in [5, 5.41) is 31.7. The summed E-state index contributed by atoms with van der Waals surface area (Å²) in [5.41, 5.74) is 2.94. The smallest absolute Gasteiger partial charge is 0.158 e. The van der Waals surface area contributed by atoms with Crippen LogP contribution in [0.4, 0.5) is 0 Å². The molecule has 0 aliphatic carbocycles. The Balaban J connectivity index is 1.75. The molecule has 0 spiro atoms. The van der Waals surface area contributed by atoms with Gasteiger partial charge in [-0.3, -0.25) is 0 Å². The molecule has 0 saturated carbocycles. The predicted octanol–water partition coefficient (Wildman–Crippen LogP) is 2.29. The second-order valence-corrected chi connectivity index (χ2v) is 7.24. The van der Waals surface area contributed by atoms with Gasteiger partial charge in [-0.1, -0.05) is 59.7 Å². The second kappa shape index (κ2) is 7.26. The van der Waals surface area contributed by atoms with Crippen molar-refractivity contribution < 1.29 is 20.1 Å². The van der Waals surface area contributed by atoms with E-state index in [2.05, 4.69) is 0 Å². The molecule has 0 bridgehead atoms. The molecule has 4 heteroatoms. The average molecular weight is 342 g/mol. The lowest BCUT2D eigenvalue weighted by Crippen LogP contribution is -2.48. The van der Waals surface area contributed by atoms with Crippen molar-refractivity contribution in [1.29, 1.82) is 0 Å². The standard InChI is InChI=1S/C21H26O4/c1-14-3-7-16(8-4-14)11-18(22)20-21(24,13-19(23)25-20)12-17-9-5-15(2)6-10-17/h3-10,18-20,22-24H,11-13H2,1-2H3/t18?,19-,20+,21-/m0/s1. The molecule has 0 aromatic heterocycles. The number of hydrogen-bond acceptors (Lipinski definition) is 4. The van der Waals surface area contributed by atoms with Gasteiger partial charge in [0.1, 0.15) is 11.7 Å². The predicted molar refractivity (Wildman–Crippen MR) is 96.2 cm³/mol.